The Kier molecular flexibility index (Phi) is 4.53. The van der Waals surface area contributed by atoms with Crippen LogP contribution in [0.5, 0.6) is 0 Å². The van der Waals surface area contributed by atoms with Gasteiger partial charge in [-0.15, -0.1) is 0 Å². The van der Waals surface area contributed by atoms with Gasteiger partial charge in [0.15, 0.2) is 0 Å². The molecule has 1 fully saturated rings. The molecule has 1 heterocycles. The predicted molar refractivity (Wildman–Crippen MR) is 72.6 cm³/mol. The van der Waals surface area contributed by atoms with Crippen molar-refractivity contribution in [3.05, 3.63) is 17.5 Å². The summed E-state index contributed by atoms with van der Waals surface area (Å²) in [4.78, 5) is 11.1. The summed E-state index contributed by atoms with van der Waals surface area (Å²) in [6, 6.07) is 0.562. The average molecular weight is 249 g/mol. The van der Waals surface area contributed by atoms with Gasteiger partial charge in [0, 0.05) is 30.5 Å². The van der Waals surface area contributed by atoms with Gasteiger partial charge < -0.3 is 10.0 Å². The van der Waals surface area contributed by atoms with Gasteiger partial charge >= 0.3 is 0 Å². The van der Waals surface area contributed by atoms with Crippen molar-refractivity contribution in [3.8, 4) is 0 Å². The first kappa shape index (κ1) is 13.3. The number of anilines is 1. The largest absolute Gasteiger partial charge is 0.392 e. The summed E-state index contributed by atoms with van der Waals surface area (Å²) in [5.74, 6) is 0.789. The lowest BCUT2D eigenvalue weighted by molar-refractivity contribution is 0.280. The second-order valence-corrected chi connectivity index (χ2v) is 5.20. The standard InChI is InChI=1S/C14H23N3O/c1-11-12(10-18)9-15-14(16-11)17(2)13-7-5-3-4-6-8-13/h9,13,18H,3-8,10H2,1-2H3. The zero-order valence-electron chi connectivity index (χ0n) is 11.4. The molecular formula is C14H23N3O. The molecule has 1 saturated carbocycles. The third-order valence-corrected chi connectivity index (χ3v) is 3.93. The molecule has 4 heteroatoms. The number of aliphatic hydroxyl groups is 1. The van der Waals surface area contributed by atoms with Gasteiger partial charge in [-0.3, -0.25) is 0 Å². The normalized spacial score (nSPS) is 17.5. The Hall–Kier alpha value is -1.16. The van der Waals surface area contributed by atoms with Crippen molar-refractivity contribution in [1.29, 1.82) is 0 Å². The quantitative estimate of drug-likeness (QED) is 0.836. The molecule has 4 nitrogen and oxygen atoms in total. The van der Waals surface area contributed by atoms with E-state index in [9.17, 15) is 0 Å². The number of hydrogen-bond acceptors (Lipinski definition) is 4. The lowest BCUT2D eigenvalue weighted by Gasteiger charge is -2.27. The van der Waals surface area contributed by atoms with Gasteiger partial charge in [-0.2, -0.15) is 0 Å². The number of aryl methyl sites for hydroxylation is 1. The highest BCUT2D eigenvalue weighted by atomic mass is 16.3. The van der Waals surface area contributed by atoms with Crippen molar-refractivity contribution < 1.29 is 5.11 Å². The minimum Gasteiger partial charge on any atom is -0.392 e. The molecule has 2 rings (SSSR count). The van der Waals surface area contributed by atoms with Crippen LogP contribution in [0.25, 0.3) is 0 Å². The van der Waals surface area contributed by atoms with Crippen LogP contribution in [0, 0.1) is 6.92 Å². The van der Waals surface area contributed by atoms with E-state index >= 15 is 0 Å². The van der Waals surface area contributed by atoms with Crippen LogP contribution < -0.4 is 4.90 Å². The molecule has 100 valence electrons. The van der Waals surface area contributed by atoms with Crippen LogP contribution in [-0.4, -0.2) is 28.2 Å². The van der Waals surface area contributed by atoms with E-state index in [4.69, 9.17) is 5.11 Å². The fraction of sp³-hybridized carbons (Fsp3) is 0.714. The summed E-state index contributed by atoms with van der Waals surface area (Å²) in [5, 5.41) is 9.14. The molecule has 0 saturated heterocycles. The monoisotopic (exact) mass is 249 g/mol. The van der Waals surface area contributed by atoms with Crippen LogP contribution in [0.1, 0.15) is 49.8 Å². The van der Waals surface area contributed by atoms with Crippen LogP contribution >= 0.6 is 0 Å². The molecule has 0 amide bonds. The molecular weight excluding hydrogens is 226 g/mol. The fourth-order valence-corrected chi connectivity index (χ4v) is 2.61. The van der Waals surface area contributed by atoms with E-state index in [0.29, 0.717) is 6.04 Å². The van der Waals surface area contributed by atoms with E-state index in [-0.39, 0.29) is 6.61 Å². The number of hydrogen-bond donors (Lipinski definition) is 1. The molecule has 0 aliphatic heterocycles. The number of nitrogens with zero attached hydrogens (tertiary/aromatic N) is 3. The topological polar surface area (TPSA) is 49.2 Å². The predicted octanol–water partition coefficient (Wildman–Crippen LogP) is 2.44. The van der Waals surface area contributed by atoms with Gasteiger partial charge in [0.25, 0.3) is 0 Å². The van der Waals surface area contributed by atoms with E-state index in [1.54, 1.807) is 6.20 Å². The highest BCUT2D eigenvalue weighted by Gasteiger charge is 2.19. The first-order chi connectivity index (χ1) is 8.72. The van der Waals surface area contributed by atoms with Gasteiger partial charge in [0.05, 0.1) is 6.61 Å². The van der Waals surface area contributed by atoms with Crippen LogP contribution in [-0.2, 0) is 6.61 Å². The number of rotatable bonds is 3. The van der Waals surface area contributed by atoms with Gasteiger partial charge in [-0.05, 0) is 19.8 Å². The maximum absolute atomic E-state index is 9.14. The summed E-state index contributed by atoms with van der Waals surface area (Å²) in [6.07, 6.45) is 9.54. The summed E-state index contributed by atoms with van der Waals surface area (Å²) in [7, 11) is 2.09. The molecule has 18 heavy (non-hydrogen) atoms. The Bertz CT molecular complexity index is 387. The molecule has 1 aliphatic carbocycles. The highest BCUT2D eigenvalue weighted by molar-refractivity contribution is 5.33. The highest BCUT2D eigenvalue weighted by Crippen LogP contribution is 2.23. The van der Waals surface area contributed by atoms with E-state index in [0.717, 1.165) is 17.2 Å². The van der Waals surface area contributed by atoms with Crippen molar-refractivity contribution in [2.75, 3.05) is 11.9 Å². The van der Waals surface area contributed by atoms with Crippen LogP contribution in [0.15, 0.2) is 6.20 Å². The van der Waals surface area contributed by atoms with Gasteiger partial charge in [0.2, 0.25) is 5.95 Å². The first-order valence-corrected chi connectivity index (χ1v) is 6.88. The molecule has 0 atom stereocenters. The Morgan fingerprint density at radius 2 is 1.94 bits per heavy atom. The fourth-order valence-electron chi connectivity index (χ4n) is 2.61. The van der Waals surface area contributed by atoms with Crippen molar-refractivity contribution in [3.63, 3.8) is 0 Å². The molecule has 0 spiro atoms. The van der Waals surface area contributed by atoms with Gasteiger partial charge in [-0.25, -0.2) is 9.97 Å². The average Bonchev–Trinajstić information content (AvgIpc) is 2.66. The maximum Gasteiger partial charge on any atom is 0.225 e. The van der Waals surface area contributed by atoms with Crippen LogP contribution in [0.2, 0.25) is 0 Å². The van der Waals surface area contributed by atoms with Gasteiger partial charge in [-0.1, -0.05) is 25.7 Å². The van der Waals surface area contributed by atoms with Crippen LogP contribution in [0.3, 0.4) is 0 Å². The SMILES string of the molecule is Cc1nc(N(C)C2CCCCCC2)ncc1CO. The summed E-state index contributed by atoms with van der Waals surface area (Å²) < 4.78 is 0. The molecule has 0 aromatic carbocycles. The lowest BCUT2D eigenvalue weighted by Crippen LogP contribution is -2.32. The zero-order chi connectivity index (χ0) is 13.0. The molecule has 0 unspecified atom stereocenters. The second-order valence-electron chi connectivity index (χ2n) is 5.20. The Balaban J connectivity index is 2.11. The van der Waals surface area contributed by atoms with Crippen molar-refractivity contribution in [1.82, 2.24) is 9.97 Å². The summed E-state index contributed by atoms with van der Waals surface area (Å²) in [6.45, 7) is 1.94. The smallest absolute Gasteiger partial charge is 0.225 e. The molecule has 1 aromatic rings. The van der Waals surface area contributed by atoms with Crippen molar-refractivity contribution in [2.45, 2.75) is 58.1 Å². The van der Waals surface area contributed by atoms with Gasteiger partial charge in [0.1, 0.15) is 0 Å². The Morgan fingerprint density at radius 3 is 2.50 bits per heavy atom. The second kappa shape index (κ2) is 6.14. The molecule has 1 aliphatic rings. The molecule has 1 aromatic heterocycles. The van der Waals surface area contributed by atoms with Crippen molar-refractivity contribution in [2.24, 2.45) is 0 Å². The molecule has 0 radical (unpaired) electrons. The van der Waals surface area contributed by atoms with Crippen LogP contribution in [0.4, 0.5) is 5.95 Å². The van der Waals surface area contributed by atoms with E-state index in [1.807, 2.05) is 6.92 Å². The van der Waals surface area contributed by atoms with E-state index in [1.165, 1.54) is 38.5 Å². The maximum atomic E-state index is 9.14. The summed E-state index contributed by atoms with van der Waals surface area (Å²) in [5.41, 5.74) is 1.69. The Morgan fingerprint density at radius 1 is 1.28 bits per heavy atom. The molecule has 1 N–H and O–H groups in total. The number of aliphatic hydroxyl groups excluding tert-OH is 1. The van der Waals surface area contributed by atoms with Crippen molar-refractivity contribution >= 4 is 5.95 Å². The Labute approximate surface area is 109 Å². The minimum atomic E-state index is 0.0132. The third-order valence-electron chi connectivity index (χ3n) is 3.93. The minimum absolute atomic E-state index is 0.0132. The third kappa shape index (κ3) is 2.99. The number of aromatic nitrogens is 2. The lowest BCUT2D eigenvalue weighted by atomic mass is 10.1. The molecule has 0 bridgehead atoms. The van der Waals surface area contributed by atoms with E-state index < -0.39 is 0 Å². The first-order valence-electron chi connectivity index (χ1n) is 6.88. The van der Waals surface area contributed by atoms with E-state index in [2.05, 4.69) is 21.9 Å². The zero-order valence-corrected chi connectivity index (χ0v) is 11.4. The summed E-state index contributed by atoms with van der Waals surface area (Å²) >= 11 is 0.